The normalized spacial score (nSPS) is 25.0. The molecule has 1 aromatic carbocycles. The van der Waals surface area contributed by atoms with Crippen LogP contribution in [0.3, 0.4) is 0 Å². The summed E-state index contributed by atoms with van der Waals surface area (Å²) in [7, 11) is 0. The number of benzene rings is 1. The number of dihydropyridines is 1. The molecule has 0 amide bonds. The monoisotopic (exact) mass is 435 g/mol. The van der Waals surface area contributed by atoms with Crippen LogP contribution >= 0.6 is 27.7 Å². The topological polar surface area (TPSA) is 46.2 Å². The lowest BCUT2D eigenvalue weighted by Gasteiger charge is -2.41. The molecule has 136 valence electrons. The third-order valence-corrected chi connectivity index (χ3v) is 7.01. The molecule has 1 aromatic rings. The van der Waals surface area contributed by atoms with E-state index in [0.29, 0.717) is 21.4 Å². The number of carbonyl (C=O) groups excluding carboxylic acids is 2. The Balaban J connectivity index is 1.93. The van der Waals surface area contributed by atoms with Crippen molar-refractivity contribution in [2.24, 2.45) is 5.41 Å². The zero-order chi connectivity index (χ0) is 18.6. The fourth-order valence-corrected chi connectivity index (χ4v) is 5.25. The zero-order valence-electron chi connectivity index (χ0n) is 14.6. The predicted molar refractivity (Wildman–Crippen MR) is 104 cm³/mol. The Labute approximate surface area is 164 Å². The Morgan fingerprint density at radius 3 is 2.69 bits per heavy atom. The quantitative estimate of drug-likeness (QED) is 0.705. The SMILES string of the molecule is CC1(C)CCC2=C(C1=O)C(c1ccc(F)c(Br)c1)C1=C(CSCC1=O)N2. The first kappa shape index (κ1) is 18.0. The molecule has 0 fully saturated rings. The number of hydrogen-bond donors (Lipinski definition) is 1. The molecule has 1 atom stereocenters. The van der Waals surface area contributed by atoms with Gasteiger partial charge in [-0.05, 0) is 46.5 Å². The summed E-state index contributed by atoms with van der Waals surface area (Å²) in [4.78, 5) is 26.0. The van der Waals surface area contributed by atoms with Gasteiger partial charge in [0.15, 0.2) is 11.6 Å². The van der Waals surface area contributed by atoms with E-state index in [1.54, 1.807) is 23.9 Å². The third kappa shape index (κ3) is 2.78. The van der Waals surface area contributed by atoms with Gasteiger partial charge in [-0.3, -0.25) is 9.59 Å². The van der Waals surface area contributed by atoms with E-state index >= 15 is 0 Å². The van der Waals surface area contributed by atoms with Crippen LogP contribution in [-0.4, -0.2) is 23.1 Å². The summed E-state index contributed by atoms with van der Waals surface area (Å²) in [5, 5.41) is 3.39. The molecule has 4 rings (SSSR count). The van der Waals surface area contributed by atoms with Gasteiger partial charge in [-0.1, -0.05) is 19.9 Å². The minimum atomic E-state index is -0.458. The first-order valence-electron chi connectivity index (χ1n) is 8.63. The third-order valence-electron chi connectivity index (χ3n) is 5.45. The molecule has 2 aliphatic heterocycles. The Morgan fingerprint density at radius 1 is 1.19 bits per heavy atom. The number of rotatable bonds is 1. The van der Waals surface area contributed by atoms with Gasteiger partial charge in [-0.15, -0.1) is 11.8 Å². The molecule has 1 N–H and O–H groups in total. The fourth-order valence-electron chi connectivity index (χ4n) is 3.98. The number of halogens is 2. The number of carbonyl (C=O) groups is 2. The van der Waals surface area contributed by atoms with E-state index in [0.717, 1.165) is 35.6 Å². The smallest absolute Gasteiger partial charge is 0.171 e. The van der Waals surface area contributed by atoms with Gasteiger partial charge in [-0.2, -0.15) is 0 Å². The maximum atomic E-state index is 13.8. The van der Waals surface area contributed by atoms with Gasteiger partial charge in [0.2, 0.25) is 0 Å². The second kappa shape index (κ2) is 6.34. The van der Waals surface area contributed by atoms with Crippen LogP contribution in [0.15, 0.2) is 45.2 Å². The van der Waals surface area contributed by atoms with Gasteiger partial charge >= 0.3 is 0 Å². The van der Waals surface area contributed by atoms with Crippen molar-refractivity contribution >= 4 is 39.3 Å². The molecule has 0 bridgehead atoms. The molecule has 2 heterocycles. The maximum absolute atomic E-state index is 13.8. The molecular formula is C20H19BrFNO2S. The van der Waals surface area contributed by atoms with Crippen molar-refractivity contribution in [3.05, 3.63) is 56.6 Å². The van der Waals surface area contributed by atoms with E-state index in [1.807, 2.05) is 13.8 Å². The zero-order valence-corrected chi connectivity index (χ0v) is 17.0. The lowest BCUT2D eigenvalue weighted by molar-refractivity contribution is -0.124. The van der Waals surface area contributed by atoms with Crippen LogP contribution in [-0.2, 0) is 9.59 Å². The number of hydrogen-bond acceptors (Lipinski definition) is 4. The summed E-state index contributed by atoms with van der Waals surface area (Å²) >= 11 is 4.83. The van der Waals surface area contributed by atoms with Crippen LogP contribution < -0.4 is 5.32 Å². The van der Waals surface area contributed by atoms with E-state index in [9.17, 15) is 14.0 Å². The van der Waals surface area contributed by atoms with Crippen molar-refractivity contribution < 1.29 is 14.0 Å². The van der Waals surface area contributed by atoms with Crippen LogP contribution in [0.4, 0.5) is 4.39 Å². The predicted octanol–water partition coefficient (Wildman–Crippen LogP) is 4.49. The van der Waals surface area contributed by atoms with E-state index in [4.69, 9.17) is 0 Å². The molecule has 0 saturated carbocycles. The lowest BCUT2D eigenvalue weighted by atomic mass is 9.67. The fraction of sp³-hybridized carbons (Fsp3) is 0.400. The largest absolute Gasteiger partial charge is 0.361 e. The minimum absolute atomic E-state index is 0.0527. The Hall–Kier alpha value is -1.40. The van der Waals surface area contributed by atoms with Crippen molar-refractivity contribution in [3.63, 3.8) is 0 Å². The summed E-state index contributed by atoms with van der Waals surface area (Å²) in [6, 6.07) is 4.78. The summed E-state index contributed by atoms with van der Waals surface area (Å²) in [5.41, 5.74) is 3.51. The highest BCUT2D eigenvalue weighted by Gasteiger charge is 2.45. The molecule has 6 heteroatoms. The maximum Gasteiger partial charge on any atom is 0.171 e. The molecular weight excluding hydrogens is 417 g/mol. The molecule has 0 aromatic heterocycles. The summed E-state index contributed by atoms with van der Waals surface area (Å²) in [6.45, 7) is 3.92. The molecule has 3 aliphatic rings. The number of nitrogens with one attached hydrogen (secondary N) is 1. The number of thioether (sulfide) groups is 1. The highest BCUT2D eigenvalue weighted by molar-refractivity contribution is 9.10. The highest BCUT2D eigenvalue weighted by atomic mass is 79.9. The summed E-state index contributed by atoms with van der Waals surface area (Å²) in [6.07, 6.45) is 1.56. The lowest BCUT2D eigenvalue weighted by Crippen LogP contribution is -2.42. The van der Waals surface area contributed by atoms with Crippen molar-refractivity contribution in [1.29, 1.82) is 0 Å². The minimum Gasteiger partial charge on any atom is -0.361 e. The molecule has 0 radical (unpaired) electrons. The van der Waals surface area contributed by atoms with Crippen molar-refractivity contribution in [2.75, 3.05) is 11.5 Å². The van der Waals surface area contributed by atoms with E-state index in [-0.39, 0.29) is 17.4 Å². The van der Waals surface area contributed by atoms with Gasteiger partial charge < -0.3 is 5.32 Å². The van der Waals surface area contributed by atoms with Crippen LogP contribution in [0, 0.1) is 11.2 Å². The standard InChI is InChI=1S/C20H19BrFNO2S/c1-20(2)6-5-13-18(19(20)25)16(10-3-4-12(22)11(21)7-10)17-14(23-13)8-26-9-15(17)24/h3-4,7,16,23H,5-6,8-9H2,1-2H3. The van der Waals surface area contributed by atoms with Crippen molar-refractivity contribution in [2.45, 2.75) is 32.6 Å². The number of ketones is 2. The molecule has 1 aliphatic carbocycles. The van der Waals surface area contributed by atoms with Crippen molar-refractivity contribution in [3.8, 4) is 0 Å². The van der Waals surface area contributed by atoms with E-state index in [2.05, 4.69) is 21.2 Å². The average molecular weight is 436 g/mol. The highest BCUT2D eigenvalue weighted by Crippen LogP contribution is 2.48. The Kier molecular flexibility index (Phi) is 4.39. The molecule has 3 nitrogen and oxygen atoms in total. The van der Waals surface area contributed by atoms with Crippen LogP contribution in [0.2, 0.25) is 0 Å². The summed E-state index contributed by atoms with van der Waals surface area (Å²) < 4.78 is 14.1. The second-order valence-corrected chi connectivity index (χ2v) is 9.48. The van der Waals surface area contributed by atoms with Gasteiger partial charge in [0.25, 0.3) is 0 Å². The van der Waals surface area contributed by atoms with Crippen LogP contribution in [0.5, 0.6) is 0 Å². The number of Topliss-reactive ketones (excluding diaryl/α,β-unsaturated/α-hetero) is 2. The van der Waals surface area contributed by atoms with E-state index < -0.39 is 11.3 Å². The first-order valence-corrected chi connectivity index (χ1v) is 10.6. The Bertz CT molecular complexity index is 903. The van der Waals surface area contributed by atoms with Gasteiger partial charge in [-0.25, -0.2) is 4.39 Å². The second-order valence-electron chi connectivity index (χ2n) is 7.64. The molecule has 1 unspecified atom stereocenters. The molecule has 0 saturated heterocycles. The molecule has 0 spiro atoms. The molecule has 26 heavy (non-hydrogen) atoms. The van der Waals surface area contributed by atoms with Crippen molar-refractivity contribution in [1.82, 2.24) is 5.32 Å². The van der Waals surface area contributed by atoms with Gasteiger partial charge in [0.05, 0.1) is 10.2 Å². The Morgan fingerprint density at radius 2 is 1.96 bits per heavy atom. The van der Waals surface area contributed by atoms with Crippen LogP contribution in [0.1, 0.15) is 38.2 Å². The van der Waals surface area contributed by atoms with Gasteiger partial charge in [0, 0.05) is 39.6 Å². The van der Waals surface area contributed by atoms with Gasteiger partial charge in [0.1, 0.15) is 5.82 Å². The average Bonchev–Trinajstić information content (AvgIpc) is 2.60. The number of allylic oxidation sites excluding steroid dienone is 3. The summed E-state index contributed by atoms with van der Waals surface area (Å²) in [5.74, 6) is 0.505. The first-order chi connectivity index (χ1) is 12.3. The van der Waals surface area contributed by atoms with Crippen LogP contribution in [0.25, 0.3) is 0 Å². The van der Waals surface area contributed by atoms with E-state index in [1.165, 1.54) is 6.07 Å².